The zero-order valence-corrected chi connectivity index (χ0v) is 11.0. The van der Waals surface area contributed by atoms with Gasteiger partial charge in [-0.2, -0.15) is 0 Å². The molecule has 1 saturated heterocycles. The van der Waals surface area contributed by atoms with Crippen molar-refractivity contribution in [1.82, 2.24) is 10.4 Å². The van der Waals surface area contributed by atoms with E-state index in [4.69, 9.17) is 4.74 Å². The molecule has 1 heterocycles. The van der Waals surface area contributed by atoms with E-state index in [0.717, 1.165) is 5.06 Å². The van der Waals surface area contributed by atoms with Crippen molar-refractivity contribution in [2.24, 2.45) is 4.99 Å². The highest BCUT2D eigenvalue weighted by molar-refractivity contribution is 5.94. The largest absolute Gasteiger partial charge is 0.465 e. The quantitative estimate of drug-likeness (QED) is 0.740. The normalized spacial score (nSPS) is 24.7. The Kier molecular flexibility index (Phi) is 3.78. The Balaban J connectivity index is 2.78. The molecule has 1 aliphatic rings. The molecule has 0 aromatic heterocycles. The monoisotopic (exact) mass is 242 g/mol. The van der Waals surface area contributed by atoms with Gasteiger partial charge in [0.2, 0.25) is 0 Å². The predicted octanol–water partition coefficient (Wildman–Crippen LogP) is 0.713. The van der Waals surface area contributed by atoms with Gasteiger partial charge in [0.1, 0.15) is 23.6 Å². The lowest BCUT2D eigenvalue weighted by molar-refractivity contribution is -0.241. The summed E-state index contributed by atoms with van der Waals surface area (Å²) >= 11 is 0. The Hall–Kier alpha value is -1.14. The topological polar surface area (TPSA) is 73.8 Å². The fourth-order valence-corrected chi connectivity index (χ4v) is 1.87. The van der Waals surface area contributed by atoms with E-state index in [0.29, 0.717) is 12.4 Å². The van der Waals surface area contributed by atoms with Gasteiger partial charge in [-0.25, -0.2) is 0 Å². The molecular formula is C11H20N3O3. The first-order valence-electron chi connectivity index (χ1n) is 5.68. The first kappa shape index (κ1) is 13.9. The van der Waals surface area contributed by atoms with Crippen LogP contribution >= 0.6 is 0 Å². The van der Waals surface area contributed by atoms with Crippen molar-refractivity contribution in [2.45, 2.75) is 45.8 Å². The summed E-state index contributed by atoms with van der Waals surface area (Å²) in [7, 11) is 0. The number of carbonyl (C=O) groups is 1. The lowest BCUT2D eigenvalue weighted by Crippen LogP contribution is -2.48. The second kappa shape index (κ2) is 4.62. The molecule has 0 amide bonds. The van der Waals surface area contributed by atoms with Crippen LogP contribution in [0.15, 0.2) is 4.99 Å². The van der Waals surface area contributed by atoms with E-state index in [1.54, 1.807) is 34.6 Å². The molecule has 6 heteroatoms. The fraction of sp³-hybridized carbons (Fsp3) is 0.818. The molecule has 0 bridgehead atoms. The van der Waals surface area contributed by atoms with E-state index in [2.05, 4.69) is 10.3 Å². The van der Waals surface area contributed by atoms with Crippen molar-refractivity contribution in [2.75, 3.05) is 13.2 Å². The molecule has 1 aliphatic heterocycles. The van der Waals surface area contributed by atoms with E-state index >= 15 is 0 Å². The van der Waals surface area contributed by atoms with Crippen LogP contribution < -0.4 is 5.32 Å². The molecular weight excluding hydrogens is 222 g/mol. The molecule has 0 atom stereocenters. The standard InChI is InChI=1S/C11H20N3O3/c1-6-17-8(15)7-12-9-10(2,3)14(16)11(4,5)13-9/h6-7H2,1-5H3,(H,12,13). The summed E-state index contributed by atoms with van der Waals surface area (Å²) in [6, 6.07) is 0. The van der Waals surface area contributed by atoms with Gasteiger partial charge in [0.25, 0.3) is 0 Å². The fourth-order valence-electron chi connectivity index (χ4n) is 1.87. The SMILES string of the molecule is CCOC(=O)CN=C1NC(C)(C)N([O])C1(C)C. The van der Waals surface area contributed by atoms with Crippen LogP contribution in [0.25, 0.3) is 0 Å². The van der Waals surface area contributed by atoms with Gasteiger partial charge in [-0.05, 0) is 34.6 Å². The summed E-state index contributed by atoms with van der Waals surface area (Å²) in [5.41, 5.74) is -1.47. The number of nitrogens with zero attached hydrogens (tertiary/aromatic N) is 2. The van der Waals surface area contributed by atoms with Crippen molar-refractivity contribution >= 4 is 11.8 Å². The molecule has 0 aromatic carbocycles. The molecule has 0 unspecified atom stereocenters. The molecule has 17 heavy (non-hydrogen) atoms. The maximum Gasteiger partial charge on any atom is 0.327 e. The van der Waals surface area contributed by atoms with Crippen LogP contribution in [0, 0.1) is 0 Å². The number of rotatable bonds is 3. The van der Waals surface area contributed by atoms with E-state index in [9.17, 15) is 10.0 Å². The van der Waals surface area contributed by atoms with E-state index in [1.165, 1.54) is 0 Å². The van der Waals surface area contributed by atoms with Crippen LogP contribution in [-0.2, 0) is 14.7 Å². The zero-order valence-electron chi connectivity index (χ0n) is 11.0. The molecule has 1 radical (unpaired) electrons. The molecule has 0 spiro atoms. The first-order chi connectivity index (χ1) is 7.71. The summed E-state index contributed by atoms with van der Waals surface area (Å²) in [6.45, 7) is 9.09. The lowest BCUT2D eigenvalue weighted by atomic mass is 10.1. The number of carbonyl (C=O) groups excluding carboxylic acids is 1. The zero-order chi connectivity index (χ0) is 13.3. The summed E-state index contributed by atoms with van der Waals surface area (Å²) in [4.78, 5) is 15.3. The molecule has 1 fully saturated rings. The Morgan fingerprint density at radius 2 is 2.00 bits per heavy atom. The van der Waals surface area contributed by atoms with Gasteiger partial charge in [0, 0.05) is 0 Å². The van der Waals surface area contributed by atoms with Crippen molar-refractivity contribution in [1.29, 1.82) is 0 Å². The number of nitrogens with one attached hydrogen (secondary N) is 1. The maximum atomic E-state index is 12.0. The second-order valence-corrected chi connectivity index (χ2v) is 5.01. The number of hydrogen-bond acceptors (Lipinski definition) is 4. The number of amidine groups is 1. The van der Waals surface area contributed by atoms with E-state index < -0.39 is 11.2 Å². The highest BCUT2D eigenvalue weighted by Gasteiger charge is 2.50. The minimum absolute atomic E-state index is 0.0659. The number of ether oxygens (including phenoxy) is 1. The van der Waals surface area contributed by atoms with Crippen molar-refractivity contribution < 1.29 is 14.7 Å². The minimum atomic E-state index is -0.754. The minimum Gasteiger partial charge on any atom is -0.465 e. The van der Waals surface area contributed by atoms with E-state index in [-0.39, 0.29) is 12.5 Å². The van der Waals surface area contributed by atoms with Crippen LogP contribution in [0.4, 0.5) is 0 Å². The van der Waals surface area contributed by atoms with Crippen molar-refractivity contribution in [3.05, 3.63) is 0 Å². The van der Waals surface area contributed by atoms with Crippen molar-refractivity contribution in [3.63, 3.8) is 0 Å². The van der Waals surface area contributed by atoms with Crippen molar-refractivity contribution in [3.8, 4) is 0 Å². The first-order valence-corrected chi connectivity index (χ1v) is 5.68. The molecule has 97 valence electrons. The summed E-state index contributed by atoms with van der Waals surface area (Å²) < 4.78 is 4.78. The highest BCUT2D eigenvalue weighted by atomic mass is 16.5. The maximum absolute atomic E-state index is 12.0. The Morgan fingerprint density at radius 1 is 1.41 bits per heavy atom. The van der Waals surface area contributed by atoms with Gasteiger partial charge in [0.05, 0.1) is 6.61 Å². The third-order valence-corrected chi connectivity index (χ3v) is 2.69. The van der Waals surface area contributed by atoms with E-state index in [1.807, 2.05) is 0 Å². The number of esters is 1. The van der Waals surface area contributed by atoms with Gasteiger partial charge in [-0.1, -0.05) is 0 Å². The summed E-state index contributed by atoms with van der Waals surface area (Å²) in [6.07, 6.45) is 0. The van der Waals surface area contributed by atoms with Crippen LogP contribution in [0.3, 0.4) is 0 Å². The van der Waals surface area contributed by atoms with Gasteiger partial charge in [-0.3, -0.25) is 9.79 Å². The molecule has 0 saturated carbocycles. The van der Waals surface area contributed by atoms with Crippen LogP contribution in [-0.4, -0.2) is 41.2 Å². The third kappa shape index (κ3) is 2.76. The van der Waals surface area contributed by atoms with Crippen LogP contribution in [0.1, 0.15) is 34.6 Å². The van der Waals surface area contributed by atoms with Crippen LogP contribution in [0.5, 0.6) is 0 Å². The Labute approximate surface area is 102 Å². The number of hydrogen-bond donors (Lipinski definition) is 1. The molecule has 6 nitrogen and oxygen atoms in total. The third-order valence-electron chi connectivity index (χ3n) is 2.69. The van der Waals surface area contributed by atoms with Crippen LogP contribution in [0.2, 0.25) is 0 Å². The average Bonchev–Trinajstić information content (AvgIpc) is 2.37. The van der Waals surface area contributed by atoms with Gasteiger partial charge in [-0.15, -0.1) is 10.3 Å². The molecule has 1 rings (SSSR count). The second-order valence-electron chi connectivity index (χ2n) is 5.01. The highest BCUT2D eigenvalue weighted by Crippen LogP contribution is 2.29. The molecule has 1 N–H and O–H groups in total. The Bertz CT molecular complexity index is 337. The smallest absolute Gasteiger partial charge is 0.327 e. The van der Waals surface area contributed by atoms with Gasteiger partial charge >= 0.3 is 5.97 Å². The molecule has 0 aromatic rings. The number of hydroxylamine groups is 2. The predicted molar refractivity (Wildman–Crippen MR) is 62.8 cm³/mol. The lowest BCUT2D eigenvalue weighted by Gasteiger charge is -2.28. The number of aliphatic imine (C=N–C) groups is 1. The molecule has 0 aliphatic carbocycles. The summed E-state index contributed by atoms with van der Waals surface area (Å²) in [5.74, 6) is 0.130. The Morgan fingerprint density at radius 3 is 2.41 bits per heavy atom. The summed E-state index contributed by atoms with van der Waals surface area (Å²) in [5, 5.41) is 16.0. The average molecular weight is 242 g/mol. The van der Waals surface area contributed by atoms with Gasteiger partial charge < -0.3 is 10.1 Å². The van der Waals surface area contributed by atoms with Gasteiger partial charge in [0.15, 0.2) is 0 Å².